The van der Waals surface area contributed by atoms with Gasteiger partial charge in [0.2, 0.25) is 0 Å². The maximum atomic E-state index is 2.21. The molecule has 0 nitrogen and oxygen atoms in total. The molecule has 1 atom stereocenters. The van der Waals surface area contributed by atoms with Crippen LogP contribution in [0.25, 0.3) is 0 Å². The van der Waals surface area contributed by atoms with Gasteiger partial charge in [0.05, 0.1) is 0 Å². The third-order valence-corrected chi connectivity index (χ3v) is 1.22. The van der Waals surface area contributed by atoms with Gasteiger partial charge < -0.3 is 6.42 Å². The van der Waals surface area contributed by atoms with E-state index in [0.717, 1.165) is 8.58 Å². The van der Waals surface area contributed by atoms with Crippen LogP contribution in [0.2, 0.25) is 0 Å². The zero-order valence-corrected chi connectivity index (χ0v) is 15.0. The van der Waals surface area contributed by atoms with Crippen LogP contribution in [0.15, 0.2) is 0 Å². The van der Waals surface area contributed by atoms with E-state index in [0.29, 0.717) is 0 Å². The first-order chi connectivity index (χ1) is 2.41. The standard InChI is InChI=1S/C4H10P.Re.Rf/c1-3-4-5-2;;/h3,5H,4H2,1-2H3;;/q-1;;. The predicted molar refractivity (Wildman–Crippen MR) is 29.1 cm³/mol. The Kier molecular flexibility index (Phi) is 37.1. The molecular formula is C4H10PReRf-. The number of hydrogen-bond donors (Lipinski definition) is 0. The van der Waals surface area contributed by atoms with E-state index in [9.17, 15) is 0 Å². The molecule has 0 saturated carbocycles. The molecule has 0 heterocycles. The summed E-state index contributed by atoms with van der Waals surface area (Å²) in [5.74, 6) is 0. The number of hydrogen-bond acceptors (Lipinski definition) is 0. The van der Waals surface area contributed by atoms with Crippen LogP contribution in [-0.2, 0) is 20.4 Å². The van der Waals surface area contributed by atoms with Gasteiger partial charge >= 0.3 is 0 Å². The first-order valence-electron chi connectivity index (χ1n) is 1.84. The minimum absolute atomic E-state index is 0. The Hall–Kier alpha value is 0.0923. The van der Waals surface area contributed by atoms with E-state index in [-0.39, 0.29) is 20.4 Å². The van der Waals surface area contributed by atoms with E-state index in [2.05, 4.69) is 20.0 Å². The van der Waals surface area contributed by atoms with E-state index in [1.165, 1.54) is 6.16 Å². The quantitative estimate of drug-likeness (QED) is 0.367. The van der Waals surface area contributed by atoms with Crippen LogP contribution in [0, 0.1) is 6.42 Å². The molecule has 3 heteroatoms. The molecule has 0 rings (SSSR count). The van der Waals surface area contributed by atoms with Gasteiger partial charge in [-0.25, -0.2) is 0 Å². The summed E-state index contributed by atoms with van der Waals surface area (Å²) in [6.07, 6.45) is 3.48. The fraction of sp³-hybridized carbons (Fsp3) is 0.750. The van der Waals surface area contributed by atoms with Crippen molar-refractivity contribution >= 4 is 8.58 Å². The van der Waals surface area contributed by atoms with Crippen molar-refractivity contribution in [3.8, 4) is 0 Å². The molecule has 0 aromatic heterocycles. The van der Waals surface area contributed by atoms with Gasteiger partial charge in [-0.3, -0.25) is 0 Å². The molecule has 0 aliphatic carbocycles. The first-order valence-corrected chi connectivity index (χ1v) is 3.55. The van der Waals surface area contributed by atoms with Crippen molar-refractivity contribution in [3.05, 3.63) is 6.42 Å². The van der Waals surface area contributed by atoms with Gasteiger partial charge in [0.1, 0.15) is 0 Å². The van der Waals surface area contributed by atoms with E-state index in [1.54, 1.807) is 0 Å². The van der Waals surface area contributed by atoms with Crippen molar-refractivity contribution in [2.24, 2.45) is 0 Å². The normalized spacial score (nSPS) is 7.71. The largest absolute Gasteiger partial charge is 0.328 e. The molecule has 7 heavy (non-hydrogen) atoms. The van der Waals surface area contributed by atoms with Crippen LogP contribution < -0.4 is 0 Å². The fourth-order valence-electron chi connectivity index (χ4n) is 0.204. The van der Waals surface area contributed by atoms with Crippen LogP contribution in [0.5, 0.6) is 0 Å². The SMILES string of the molecule is C[CH-]CPC.[Re].[Rf]. The van der Waals surface area contributed by atoms with Crippen molar-refractivity contribution in [1.29, 1.82) is 0 Å². The molecule has 0 aromatic rings. The van der Waals surface area contributed by atoms with Gasteiger partial charge in [-0.15, -0.1) is 0 Å². The average Bonchev–Trinajstić information content (AvgIpc) is 1.41. The van der Waals surface area contributed by atoms with Crippen LogP contribution in [0.1, 0.15) is 6.92 Å². The van der Waals surface area contributed by atoms with Crippen LogP contribution in [0.4, 0.5) is 0 Å². The monoisotopic (exact) mass is 543 g/mol. The maximum absolute atomic E-state index is 2.21. The van der Waals surface area contributed by atoms with Crippen molar-refractivity contribution in [2.45, 2.75) is 6.92 Å². The van der Waals surface area contributed by atoms with Crippen molar-refractivity contribution in [2.75, 3.05) is 12.8 Å². The van der Waals surface area contributed by atoms with Gasteiger partial charge in [-0.05, 0) is 6.66 Å². The summed E-state index contributed by atoms with van der Waals surface area (Å²) in [6, 6.07) is 0. The summed E-state index contributed by atoms with van der Waals surface area (Å²) in [7, 11) is 1.10. The minimum Gasteiger partial charge on any atom is -0.328 e. The summed E-state index contributed by atoms with van der Waals surface area (Å²) in [4.78, 5) is 0. The Morgan fingerprint density at radius 1 is 1.57 bits per heavy atom. The summed E-state index contributed by atoms with van der Waals surface area (Å²) >= 11 is 0. The first kappa shape index (κ1) is 15.7. The molecule has 0 aromatic carbocycles. The molecule has 0 saturated heterocycles. The van der Waals surface area contributed by atoms with Gasteiger partial charge in [-0.2, -0.15) is 21.7 Å². The molecule has 0 fully saturated rings. The second-order valence-electron chi connectivity index (χ2n) is 0.966. The van der Waals surface area contributed by atoms with Gasteiger partial charge in [-0.1, -0.05) is 0 Å². The minimum atomic E-state index is 0. The van der Waals surface area contributed by atoms with Gasteiger partial charge in [0.25, 0.3) is 0 Å². The zero-order valence-electron chi connectivity index (χ0n) is 4.87. The van der Waals surface area contributed by atoms with E-state index in [4.69, 9.17) is 0 Å². The van der Waals surface area contributed by atoms with E-state index >= 15 is 0 Å². The Balaban J connectivity index is -0.0000000800. The van der Waals surface area contributed by atoms with Crippen molar-refractivity contribution in [3.63, 3.8) is 0 Å². The summed E-state index contributed by atoms with van der Waals surface area (Å²) in [6.45, 7) is 4.30. The summed E-state index contributed by atoms with van der Waals surface area (Å²) in [5.41, 5.74) is 0. The van der Waals surface area contributed by atoms with E-state index in [1.807, 2.05) is 0 Å². The smallest absolute Gasteiger partial charge is 0 e. The van der Waals surface area contributed by atoms with Gasteiger partial charge in [0, 0.05) is 20.4 Å². The molecule has 0 N–H and O–H groups in total. The van der Waals surface area contributed by atoms with Crippen LogP contribution >= 0.6 is 8.58 Å². The van der Waals surface area contributed by atoms with E-state index < -0.39 is 0 Å². The molecule has 0 spiro atoms. The average molecular weight is 542 g/mol. The third kappa shape index (κ3) is 23.3. The maximum Gasteiger partial charge on any atom is 0 e. The van der Waals surface area contributed by atoms with Crippen molar-refractivity contribution < 1.29 is 20.4 Å². The van der Waals surface area contributed by atoms with Gasteiger partial charge in [0.15, 0.2) is 0 Å². The fourth-order valence-corrected chi connectivity index (χ4v) is 0.612. The van der Waals surface area contributed by atoms with Crippen LogP contribution in [-0.4, -0.2) is 12.8 Å². The molecule has 41 valence electrons. The summed E-state index contributed by atoms with van der Waals surface area (Å²) < 4.78 is 0. The number of rotatable bonds is 2. The second kappa shape index (κ2) is 16.5. The molecule has 0 aliphatic rings. The molecule has 0 amide bonds. The third-order valence-electron chi connectivity index (χ3n) is 0.408. The molecular weight excluding hydrogens is 532 g/mol. The Labute approximate surface area is 55.5 Å². The second-order valence-corrected chi connectivity index (χ2v) is 2.08. The summed E-state index contributed by atoms with van der Waals surface area (Å²) in [5, 5.41) is 0. The Morgan fingerprint density at radius 3 is 2.00 bits per heavy atom. The molecule has 1 unspecified atom stereocenters. The topological polar surface area (TPSA) is 0 Å². The molecule has 0 bridgehead atoms. The Bertz CT molecular complexity index is 19.2. The Morgan fingerprint density at radius 2 is 2.00 bits per heavy atom. The van der Waals surface area contributed by atoms with Crippen LogP contribution in [0.3, 0.4) is 0 Å². The zero-order chi connectivity index (χ0) is 4.12. The van der Waals surface area contributed by atoms with Crippen molar-refractivity contribution in [1.82, 2.24) is 0 Å². The molecule has 0 aliphatic heterocycles. The predicted octanol–water partition coefficient (Wildman–Crippen LogP) is 1.52. The molecule has 1 radical (unpaired) electrons.